The molecule has 158 valence electrons. The zero-order valence-corrected chi connectivity index (χ0v) is 20.1. The number of amides is 1. The van der Waals surface area contributed by atoms with Crippen molar-refractivity contribution in [2.45, 2.75) is 33.7 Å². The Morgan fingerprint density at radius 3 is 2.25 bits per heavy atom. The molecule has 1 aliphatic rings. The van der Waals surface area contributed by atoms with E-state index in [1.165, 1.54) is 11.1 Å². The number of aliphatic imine (C=N–C) groups is 1. The van der Waals surface area contributed by atoms with Crippen molar-refractivity contribution in [1.82, 2.24) is 20.0 Å². The van der Waals surface area contributed by atoms with E-state index >= 15 is 0 Å². The second-order valence-corrected chi connectivity index (χ2v) is 7.11. The Bertz CT molecular complexity index is 612. The number of halogens is 1. The average molecular weight is 501 g/mol. The van der Waals surface area contributed by atoms with Gasteiger partial charge in [0.1, 0.15) is 0 Å². The number of nitrogens with zero attached hydrogens (tertiary/aromatic N) is 4. The van der Waals surface area contributed by atoms with Crippen molar-refractivity contribution in [1.29, 1.82) is 0 Å². The smallest absolute Gasteiger partial charge is 0.219 e. The predicted octanol–water partition coefficient (Wildman–Crippen LogP) is 2.43. The van der Waals surface area contributed by atoms with Crippen LogP contribution >= 0.6 is 24.0 Å². The predicted molar refractivity (Wildman–Crippen MR) is 127 cm³/mol. The molecule has 0 spiro atoms. The van der Waals surface area contributed by atoms with Gasteiger partial charge in [0.25, 0.3) is 0 Å². The Hall–Kier alpha value is -1.35. The highest BCUT2D eigenvalue weighted by Gasteiger charge is 2.18. The average Bonchev–Trinajstić information content (AvgIpc) is 2.68. The monoisotopic (exact) mass is 501 g/mol. The molecule has 1 aromatic carbocycles. The molecule has 1 aromatic rings. The molecule has 0 unspecified atom stereocenters. The Balaban J connectivity index is 0.00000392. The maximum absolute atomic E-state index is 11.4. The number of nitrogens with one attached hydrogen (secondary N) is 1. The fourth-order valence-corrected chi connectivity index (χ4v) is 3.28. The number of rotatable bonds is 7. The molecule has 28 heavy (non-hydrogen) atoms. The fraction of sp³-hybridized carbons (Fsp3) is 0.619. The van der Waals surface area contributed by atoms with Gasteiger partial charge in [0.15, 0.2) is 5.96 Å². The van der Waals surface area contributed by atoms with Crippen molar-refractivity contribution in [3.05, 3.63) is 35.4 Å². The molecule has 0 atom stereocenters. The van der Waals surface area contributed by atoms with E-state index in [0.717, 1.165) is 64.7 Å². The lowest BCUT2D eigenvalue weighted by Gasteiger charge is -2.33. The van der Waals surface area contributed by atoms with E-state index in [1.54, 1.807) is 6.92 Å². The third-order valence-electron chi connectivity index (χ3n) is 5.04. The van der Waals surface area contributed by atoms with Gasteiger partial charge < -0.3 is 15.1 Å². The standard InChI is InChI=1S/C21H35N5O.HI/c1-5-19-7-9-20(10-8-19)17-24(4)21(22-6-2)23-11-12-25-13-15-26(16-14-25)18(3)27;/h7-10H,5-6,11-17H2,1-4H3,(H,22,23);1H. The molecule has 2 rings (SSSR count). The van der Waals surface area contributed by atoms with Crippen LogP contribution in [-0.2, 0) is 17.8 Å². The second kappa shape index (κ2) is 13.0. The van der Waals surface area contributed by atoms with Gasteiger partial charge in [0.2, 0.25) is 5.91 Å². The van der Waals surface area contributed by atoms with Crippen molar-refractivity contribution in [3.63, 3.8) is 0 Å². The summed E-state index contributed by atoms with van der Waals surface area (Å²) >= 11 is 0. The Kier molecular flexibility index (Phi) is 11.4. The highest BCUT2D eigenvalue weighted by atomic mass is 127. The summed E-state index contributed by atoms with van der Waals surface area (Å²) in [4.78, 5) is 22.7. The molecule has 6 nitrogen and oxygen atoms in total. The molecule has 0 aromatic heterocycles. The molecule has 0 radical (unpaired) electrons. The van der Waals surface area contributed by atoms with Gasteiger partial charge in [0, 0.05) is 59.8 Å². The second-order valence-electron chi connectivity index (χ2n) is 7.11. The van der Waals surface area contributed by atoms with Gasteiger partial charge in [-0.15, -0.1) is 24.0 Å². The summed E-state index contributed by atoms with van der Waals surface area (Å²) in [6.45, 7) is 12.8. The Morgan fingerprint density at radius 2 is 1.71 bits per heavy atom. The van der Waals surface area contributed by atoms with Crippen LogP contribution in [0.4, 0.5) is 0 Å². The van der Waals surface area contributed by atoms with E-state index in [0.29, 0.717) is 0 Å². The van der Waals surface area contributed by atoms with Crippen LogP contribution in [0.1, 0.15) is 31.9 Å². The summed E-state index contributed by atoms with van der Waals surface area (Å²) in [6.07, 6.45) is 1.07. The van der Waals surface area contributed by atoms with Gasteiger partial charge in [-0.3, -0.25) is 14.7 Å². The minimum atomic E-state index is 0. The molecule has 7 heteroatoms. The molecular weight excluding hydrogens is 465 g/mol. The molecule has 1 heterocycles. The minimum absolute atomic E-state index is 0. The van der Waals surface area contributed by atoms with E-state index in [2.05, 4.69) is 60.3 Å². The van der Waals surface area contributed by atoms with Crippen LogP contribution in [0.25, 0.3) is 0 Å². The number of hydrogen-bond acceptors (Lipinski definition) is 3. The molecule has 0 saturated carbocycles. The zero-order chi connectivity index (χ0) is 19.6. The summed E-state index contributed by atoms with van der Waals surface area (Å²) in [5.41, 5.74) is 2.66. The van der Waals surface area contributed by atoms with E-state index in [4.69, 9.17) is 4.99 Å². The topological polar surface area (TPSA) is 51.2 Å². The summed E-state index contributed by atoms with van der Waals surface area (Å²) in [5.74, 6) is 1.12. The number of carbonyl (C=O) groups excluding carboxylic acids is 1. The van der Waals surface area contributed by atoms with Gasteiger partial charge >= 0.3 is 0 Å². The van der Waals surface area contributed by atoms with Gasteiger partial charge in [0.05, 0.1) is 6.54 Å². The molecule has 1 saturated heterocycles. The molecule has 1 amide bonds. The van der Waals surface area contributed by atoms with Gasteiger partial charge in [-0.05, 0) is 24.5 Å². The number of hydrogen-bond donors (Lipinski definition) is 1. The number of carbonyl (C=O) groups is 1. The third-order valence-corrected chi connectivity index (χ3v) is 5.04. The lowest BCUT2D eigenvalue weighted by molar-refractivity contribution is -0.130. The van der Waals surface area contributed by atoms with Crippen LogP contribution in [-0.4, -0.2) is 79.4 Å². The van der Waals surface area contributed by atoms with Crippen LogP contribution in [0.2, 0.25) is 0 Å². The summed E-state index contributed by atoms with van der Waals surface area (Å²) in [7, 11) is 2.08. The quantitative estimate of drug-likeness (QED) is 0.355. The normalized spacial score (nSPS) is 15.1. The molecule has 1 fully saturated rings. The third kappa shape index (κ3) is 7.95. The maximum atomic E-state index is 11.4. The van der Waals surface area contributed by atoms with E-state index in [-0.39, 0.29) is 29.9 Å². The SMILES string of the molecule is CCNC(=NCCN1CCN(C(C)=O)CC1)N(C)Cc1ccc(CC)cc1.I. The first-order valence-corrected chi connectivity index (χ1v) is 10.1. The first-order valence-electron chi connectivity index (χ1n) is 10.1. The largest absolute Gasteiger partial charge is 0.357 e. The van der Waals surface area contributed by atoms with Crippen LogP contribution in [0.3, 0.4) is 0 Å². The summed E-state index contributed by atoms with van der Waals surface area (Å²) in [6, 6.07) is 8.81. The molecule has 1 N–H and O–H groups in total. The minimum Gasteiger partial charge on any atom is -0.357 e. The Morgan fingerprint density at radius 1 is 1.11 bits per heavy atom. The van der Waals surface area contributed by atoms with E-state index in [1.807, 2.05) is 4.90 Å². The fourth-order valence-electron chi connectivity index (χ4n) is 3.28. The number of piperazine rings is 1. The lowest BCUT2D eigenvalue weighted by atomic mass is 10.1. The number of benzene rings is 1. The molecule has 1 aliphatic heterocycles. The van der Waals surface area contributed by atoms with Crippen LogP contribution < -0.4 is 5.32 Å². The maximum Gasteiger partial charge on any atom is 0.219 e. The molecule has 0 bridgehead atoms. The molecular formula is C21H36IN5O. The first-order chi connectivity index (χ1) is 13.0. The van der Waals surface area contributed by atoms with E-state index < -0.39 is 0 Å². The van der Waals surface area contributed by atoms with Gasteiger partial charge in [-0.25, -0.2) is 0 Å². The number of guanidine groups is 1. The van der Waals surface area contributed by atoms with Crippen LogP contribution in [0.15, 0.2) is 29.3 Å². The van der Waals surface area contributed by atoms with Crippen molar-refractivity contribution in [2.24, 2.45) is 4.99 Å². The first kappa shape index (κ1) is 24.7. The van der Waals surface area contributed by atoms with Gasteiger partial charge in [-0.1, -0.05) is 31.2 Å². The van der Waals surface area contributed by atoms with E-state index in [9.17, 15) is 4.79 Å². The highest BCUT2D eigenvalue weighted by Crippen LogP contribution is 2.08. The van der Waals surface area contributed by atoms with Crippen molar-refractivity contribution >= 4 is 35.8 Å². The van der Waals surface area contributed by atoms with Crippen molar-refractivity contribution < 1.29 is 4.79 Å². The number of aryl methyl sites for hydroxylation is 1. The van der Waals surface area contributed by atoms with Crippen molar-refractivity contribution in [3.8, 4) is 0 Å². The molecule has 0 aliphatic carbocycles. The summed E-state index contributed by atoms with van der Waals surface area (Å²) < 4.78 is 0. The summed E-state index contributed by atoms with van der Waals surface area (Å²) in [5, 5.41) is 3.39. The van der Waals surface area contributed by atoms with Gasteiger partial charge in [-0.2, -0.15) is 0 Å². The zero-order valence-electron chi connectivity index (χ0n) is 17.8. The highest BCUT2D eigenvalue weighted by molar-refractivity contribution is 14.0. The lowest BCUT2D eigenvalue weighted by Crippen LogP contribution is -2.48. The van der Waals surface area contributed by atoms with Crippen LogP contribution in [0.5, 0.6) is 0 Å². The van der Waals surface area contributed by atoms with Crippen molar-refractivity contribution in [2.75, 3.05) is 52.9 Å². The van der Waals surface area contributed by atoms with Crippen LogP contribution in [0, 0.1) is 0 Å². The Labute approximate surface area is 187 Å².